The van der Waals surface area contributed by atoms with Crippen LogP contribution in [0.3, 0.4) is 0 Å². The van der Waals surface area contributed by atoms with E-state index in [0.717, 1.165) is 5.56 Å². The summed E-state index contributed by atoms with van der Waals surface area (Å²) in [6, 6.07) is 10.9. The van der Waals surface area contributed by atoms with Crippen LogP contribution in [-0.4, -0.2) is 12.6 Å². The molecule has 0 radical (unpaired) electrons. The summed E-state index contributed by atoms with van der Waals surface area (Å²) in [5.41, 5.74) is 1.27. The van der Waals surface area contributed by atoms with Crippen molar-refractivity contribution in [2.45, 2.75) is 19.3 Å². The Bertz CT molecular complexity index is 692. The molecular formula is C18H16F2O2. The van der Waals surface area contributed by atoms with E-state index in [4.69, 9.17) is 4.74 Å². The molecule has 1 saturated carbocycles. The molecule has 0 aliphatic heterocycles. The molecule has 0 bridgehead atoms. The van der Waals surface area contributed by atoms with Crippen molar-refractivity contribution in [1.29, 1.82) is 0 Å². The highest BCUT2D eigenvalue weighted by Crippen LogP contribution is 2.51. The first kappa shape index (κ1) is 14.7. The molecular weight excluding hydrogens is 286 g/mol. The van der Waals surface area contributed by atoms with Gasteiger partial charge in [-0.2, -0.15) is 0 Å². The molecule has 1 fully saturated rings. The van der Waals surface area contributed by atoms with Gasteiger partial charge in [0, 0.05) is 0 Å². The lowest BCUT2D eigenvalue weighted by molar-refractivity contribution is -0.144. The fourth-order valence-electron chi connectivity index (χ4n) is 2.85. The van der Waals surface area contributed by atoms with Crippen molar-refractivity contribution in [2.75, 3.05) is 6.61 Å². The van der Waals surface area contributed by atoms with Crippen molar-refractivity contribution in [3.63, 3.8) is 0 Å². The minimum Gasteiger partial charge on any atom is -0.466 e. The standard InChI is InChI=1S/C18H16F2O2/c1-2-22-18(21)14-10-13(14)11-6-3-4-7-12(11)17-15(19)8-5-9-16(17)20/h3-9,13-14H,2,10H2,1H3/t13-,14+/m0/s1. The lowest BCUT2D eigenvalue weighted by Gasteiger charge is -2.11. The number of carbonyl (C=O) groups excluding carboxylic acids is 1. The maximum atomic E-state index is 14.0. The van der Waals surface area contributed by atoms with E-state index < -0.39 is 11.6 Å². The lowest BCUT2D eigenvalue weighted by Crippen LogP contribution is -2.07. The number of benzene rings is 2. The van der Waals surface area contributed by atoms with E-state index in [9.17, 15) is 13.6 Å². The number of rotatable bonds is 4. The van der Waals surface area contributed by atoms with Gasteiger partial charge in [-0.25, -0.2) is 8.78 Å². The van der Waals surface area contributed by atoms with Crippen LogP contribution in [0.4, 0.5) is 8.78 Å². The second-order valence-electron chi connectivity index (χ2n) is 5.38. The number of hydrogen-bond donors (Lipinski definition) is 0. The predicted molar refractivity (Wildman–Crippen MR) is 79.3 cm³/mol. The molecule has 1 aliphatic rings. The minimum absolute atomic E-state index is 0.0331. The summed E-state index contributed by atoms with van der Waals surface area (Å²) in [7, 11) is 0. The zero-order valence-electron chi connectivity index (χ0n) is 12.2. The van der Waals surface area contributed by atoms with Crippen LogP contribution in [0.2, 0.25) is 0 Å². The predicted octanol–water partition coefficient (Wildman–Crippen LogP) is 4.30. The molecule has 0 heterocycles. The fraction of sp³-hybridized carbons (Fsp3) is 0.278. The van der Waals surface area contributed by atoms with Crippen LogP contribution in [0.15, 0.2) is 42.5 Å². The van der Waals surface area contributed by atoms with Gasteiger partial charge in [-0.1, -0.05) is 30.3 Å². The number of hydrogen-bond acceptors (Lipinski definition) is 2. The molecule has 2 nitrogen and oxygen atoms in total. The first-order valence-corrected chi connectivity index (χ1v) is 7.33. The van der Waals surface area contributed by atoms with Gasteiger partial charge in [0.1, 0.15) is 11.6 Å². The monoisotopic (exact) mass is 302 g/mol. The largest absolute Gasteiger partial charge is 0.466 e. The summed E-state index contributed by atoms with van der Waals surface area (Å²) < 4.78 is 33.1. The van der Waals surface area contributed by atoms with Gasteiger partial charge in [0.25, 0.3) is 0 Å². The lowest BCUT2D eigenvalue weighted by atomic mass is 9.95. The highest BCUT2D eigenvalue weighted by molar-refractivity contribution is 5.79. The molecule has 1 aliphatic carbocycles. The second-order valence-corrected chi connectivity index (χ2v) is 5.38. The molecule has 4 heteroatoms. The Morgan fingerprint density at radius 1 is 1.14 bits per heavy atom. The van der Waals surface area contributed by atoms with E-state index in [1.807, 2.05) is 12.1 Å². The SMILES string of the molecule is CCOC(=O)[C@@H]1C[C@H]1c1ccccc1-c1c(F)cccc1F. The molecule has 0 aromatic heterocycles. The van der Waals surface area contributed by atoms with Crippen LogP contribution < -0.4 is 0 Å². The Hall–Kier alpha value is -2.23. The second kappa shape index (κ2) is 5.87. The molecule has 2 atom stereocenters. The van der Waals surface area contributed by atoms with Gasteiger partial charge in [0.05, 0.1) is 18.1 Å². The van der Waals surface area contributed by atoms with Crippen LogP contribution in [0.25, 0.3) is 11.1 Å². The third kappa shape index (κ3) is 2.61. The van der Waals surface area contributed by atoms with Crippen molar-refractivity contribution in [2.24, 2.45) is 5.92 Å². The normalized spacial score (nSPS) is 19.8. The van der Waals surface area contributed by atoms with Crippen LogP contribution >= 0.6 is 0 Å². The zero-order valence-corrected chi connectivity index (χ0v) is 12.2. The molecule has 22 heavy (non-hydrogen) atoms. The number of esters is 1. The average Bonchev–Trinajstić information content (AvgIpc) is 3.28. The summed E-state index contributed by atoms with van der Waals surface area (Å²) in [5.74, 6) is -1.68. The first-order chi connectivity index (χ1) is 10.6. The van der Waals surface area contributed by atoms with Gasteiger partial charge in [0.2, 0.25) is 0 Å². The summed E-state index contributed by atoms with van der Waals surface area (Å²) >= 11 is 0. The Morgan fingerprint density at radius 3 is 2.50 bits per heavy atom. The number of halogens is 2. The fourth-order valence-corrected chi connectivity index (χ4v) is 2.85. The number of ether oxygens (including phenoxy) is 1. The van der Waals surface area contributed by atoms with Crippen LogP contribution in [0, 0.1) is 17.6 Å². The summed E-state index contributed by atoms with van der Waals surface area (Å²) in [6.07, 6.45) is 0.659. The van der Waals surface area contributed by atoms with Gasteiger partial charge >= 0.3 is 5.97 Å². The van der Waals surface area contributed by atoms with Crippen molar-refractivity contribution < 1.29 is 18.3 Å². The smallest absolute Gasteiger partial charge is 0.309 e. The quantitative estimate of drug-likeness (QED) is 0.787. The van der Waals surface area contributed by atoms with Crippen molar-refractivity contribution in [3.8, 4) is 11.1 Å². The third-order valence-electron chi connectivity index (χ3n) is 3.97. The van der Waals surface area contributed by atoms with Gasteiger partial charge in [-0.3, -0.25) is 4.79 Å². The van der Waals surface area contributed by atoms with Crippen molar-refractivity contribution in [3.05, 3.63) is 59.7 Å². The van der Waals surface area contributed by atoms with E-state index in [1.165, 1.54) is 18.2 Å². The van der Waals surface area contributed by atoms with Crippen LogP contribution in [0.5, 0.6) is 0 Å². The van der Waals surface area contributed by atoms with Crippen molar-refractivity contribution in [1.82, 2.24) is 0 Å². The Kier molecular flexibility index (Phi) is 3.92. The maximum absolute atomic E-state index is 14.0. The molecule has 0 spiro atoms. The first-order valence-electron chi connectivity index (χ1n) is 7.33. The maximum Gasteiger partial charge on any atom is 0.309 e. The highest BCUT2D eigenvalue weighted by Gasteiger charge is 2.46. The molecule has 0 saturated heterocycles. The third-order valence-corrected chi connectivity index (χ3v) is 3.97. The summed E-state index contributed by atoms with van der Waals surface area (Å²) in [6.45, 7) is 2.10. The van der Waals surface area contributed by atoms with E-state index in [0.29, 0.717) is 18.6 Å². The molecule has 0 unspecified atom stereocenters. The summed E-state index contributed by atoms with van der Waals surface area (Å²) in [4.78, 5) is 11.8. The van der Waals surface area contributed by atoms with E-state index in [-0.39, 0.29) is 23.4 Å². The van der Waals surface area contributed by atoms with E-state index >= 15 is 0 Å². The average molecular weight is 302 g/mol. The van der Waals surface area contributed by atoms with Gasteiger partial charge in [-0.15, -0.1) is 0 Å². The topological polar surface area (TPSA) is 26.3 Å². The molecule has 3 rings (SSSR count). The molecule has 0 amide bonds. The van der Waals surface area contributed by atoms with E-state index in [1.54, 1.807) is 19.1 Å². The van der Waals surface area contributed by atoms with Gasteiger partial charge in [-0.05, 0) is 42.5 Å². The number of carbonyl (C=O) groups is 1. The van der Waals surface area contributed by atoms with E-state index in [2.05, 4.69) is 0 Å². The van der Waals surface area contributed by atoms with Crippen LogP contribution in [-0.2, 0) is 9.53 Å². The molecule has 114 valence electrons. The van der Waals surface area contributed by atoms with Gasteiger partial charge < -0.3 is 4.74 Å². The Labute approximate surface area is 127 Å². The minimum atomic E-state index is -0.596. The van der Waals surface area contributed by atoms with Gasteiger partial charge in [0.15, 0.2) is 0 Å². The Morgan fingerprint density at radius 2 is 1.82 bits per heavy atom. The van der Waals surface area contributed by atoms with Crippen LogP contribution in [0.1, 0.15) is 24.8 Å². The van der Waals surface area contributed by atoms with Crippen molar-refractivity contribution >= 4 is 5.97 Å². The molecule has 2 aromatic rings. The summed E-state index contributed by atoms with van der Waals surface area (Å²) in [5, 5.41) is 0. The zero-order chi connectivity index (χ0) is 15.7. The highest BCUT2D eigenvalue weighted by atomic mass is 19.1. The Balaban J connectivity index is 1.97. The molecule has 2 aromatic carbocycles. The molecule has 0 N–H and O–H groups in total.